The molecule has 1 rings (SSSR count). The zero-order valence-corrected chi connectivity index (χ0v) is 9.36. The van der Waals surface area contributed by atoms with Gasteiger partial charge in [-0.25, -0.2) is 14.8 Å². The second-order valence-electron chi connectivity index (χ2n) is 3.36. The van der Waals surface area contributed by atoms with Crippen LogP contribution in [0.25, 0.3) is 0 Å². The molecule has 0 aliphatic carbocycles. The molecule has 0 saturated heterocycles. The molecule has 0 aromatic carbocycles. The molecular formula is C11H16N2O2. The van der Waals surface area contributed by atoms with Gasteiger partial charge in [0.2, 0.25) is 0 Å². The van der Waals surface area contributed by atoms with E-state index in [1.807, 2.05) is 0 Å². The molecule has 1 heterocycles. The molecule has 1 atom stereocenters. The van der Waals surface area contributed by atoms with Crippen LogP contribution in [0.5, 0.6) is 0 Å². The summed E-state index contributed by atoms with van der Waals surface area (Å²) >= 11 is 0. The Kier molecular flexibility index (Phi) is 4.21. The highest BCUT2D eigenvalue weighted by Crippen LogP contribution is 2.16. The van der Waals surface area contributed by atoms with Gasteiger partial charge in [-0.3, -0.25) is 0 Å². The van der Waals surface area contributed by atoms with Gasteiger partial charge in [-0.15, -0.1) is 0 Å². The van der Waals surface area contributed by atoms with Gasteiger partial charge in [0, 0.05) is 5.69 Å². The van der Waals surface area contributed by atoms with E-state index in [9.17, 15) is 4.79 Å². The Hall–Kier alpha value is -1.45. The number of carbonyl (C=O) groups excluding carboxylic acids is 1. The van der Waals surface area contributed by atoms with Gasteiger partial charge in [0.05, 0.1) is 6.61 Å². The Morgan fingerprint density at radius 1 is 1.47 bits per heavy atom. The fourth-order valence-electron chi connectivity index (χ4n) is 1.17. The first-order valence-corrected chi connectivity index (χ1v) is 5.18. The van der Waals surface area contributed by atoms with E-state index in [2.05, 4.69) is 23.8 Å². The molecule has 0 radical (unpaired) electrons. The van der Waals surface area contributed by atoms with Crippen molar-refractivity contribution in [2.75, 3.05) is 6.61 Å². The van der Waals surface area contributed by atoms with Gasteiger partial charge in [-0.2, -0.15) is 0 Å². The number of ether oxygens (including phenoxy) is 1. The van der Waals surface area contributed by atoms with E-state index in [0.717, 1.165) is 12.1 Å². The highest BCUT2D eigenvalue weighted by atomic mass is 16.5. The SMILES string of the molecule is CCOC(=O)c1cc([C@@H](C)CC)ncn1. The maximum absolute atomic E-state index is 11.4. The Labute approximate surface area is 89.7 Å². The number of hydrogen-bond donors (Lipinski definition) is 0. The van der Waals surface area contributed by atoms with Crippen molar-refractivity contribution in [1.82, 2.24) is 9.97 Å². The minimum Gasteiger partial charge on any atom is -0.461 e. The lowest BCUT2D eigenvalue weighted by molar-refractivity contribution is 0.0519. The van der Waals surface area contributed by atoms with Gasteiger partial charge in [-0.1, -0.05) is 13.8 Å². The molecule has 0 N–H and O–H groups in total. The average Bonchev–Trinajstić information content (AvgIpc) is 2.28. The fraction of sp³-hybridized carbons (Fsp3) is 0.545. The van der Waals surface area contributed by atoms with Crippen molar-refractivity contribution in [3.05, 3.63) is 23.8 Å². The van der Waals surface area contributed by atoms with Gasteiger partial charge in [0.15, 0.2) is 5.69 Å². The van der Waals surface area contributed by atoms with Gasteiger partial charge >= 0.3 is 5.97 Å². The minimum atomic E-state index is -0.385. The molecule has 15 heavy (non-hydrogen) atoms. The molecule has 0 fully saturated rings. The molecule has 0 unspecified atom stereocenters. The summed E-state index contributed by atoms with van der Waals surface area (Å²) in [4.78, 5) is 19.4. The summed E-state index contributed by atoms with van der Waals surface area (Å²) in [6.07, 6.45) is 2.40. The summed E-state index contributed by atoms with van der Waals surface area (Å²) in [7, 11) is 0. The molecule has 0 saturated carbocycles. The summed E-state index contributed by atoms with van der Waals surface area (Å²) in [5.41, 5.74) is 1.22. The number of hydrogen-bond acceptors (Lipinski definition) is 4. The van der Waals surface area contributed by atoms with Gasteiger partial charge in [-0.05, 0) is 25.3 Å². The summed E-state index contributed by atoms with van der Waals surface area (Å²) < 4.78 is 4.87. The van der Waals surface area contributed by atoms with Crippen LogP contribution < -0.4 is 0 Å². The quantitative estimate of drug-likeness (QED) is 0.711. The lowest BCUT2D eigenvalue weighted by Gasteiger charge is -2.08. The van der Waals surface area contributed by atoms with E-state index in [0.29, 0.717) is 18.2 Å². The highest BCUT2D eigenvalue weighted by Gasteiger charge is 2.11. The largest absolute Gasteiger partial charge is 0.461 e. The summed E-state index contributed by atoms with van der Waals surface area (Å²) in [5, 5.41) is 0. The van der Waals surface area contributed by atoms with Gasteiger partial charge in [0.1, 0.15) is 6.33 Å². The molecule has 1 aromatic rings. The summed E-state index contributed by atoms with van der Waals surface area (Å²) in [6.45, 7) is 6.28. The summed E-state index contributed by atoms with van der Waals surface area (Å²) in [6, 6.07) is 1.70. The van der Waals surface area contributed by atoms with E-state index < -0.39 is 0 Å². The van der Waals surface area contributed by atoms with Crippen LogP contribution in [0.3, 0.4) is 0 Å². The van der Waals surface area contributed by atoms with Crippen molar-refractivity contribution in [2.45, 2.75) is 33.1 Å². The first kappa shape index (κ1) is 11.6. The van der Waals surface area contributed by atoms with Gasteiger partial charge < -0.3 is 4.74 Å². The minimum absolute atomic E-state index is 0.334. The monoisotopic (exact) mass is 208 g/mol. The van der Waals surface area contributed by atoms with E-state index in [1.165, 1.54) is 6.33 Å². The first-order chi connectivity index (χ1) is 7.19. The number of rotatable bonds is 4. The second kappa shape index (κ2) is 5.44. The molecule has 82 valence electrons. The highest BCUT2D eigenvalue weighted by molar-refractivity contribution is 5.87. The Bertz CT molecular complexity index is 339. The molecule has 0 amide bonds. The van der Waals surface area contributed by atoms with Crippen LogP contribution in [0.15, 0.2) is 12.4 Å². The molecule has 4 nitrogen and oxygen atoms in total. The Morgan fingerprint density at radius 3 is 2.80 bits per heavy atom. The van der Waals surface area contributed by atoms with Crippen LogP contribution in [0.2, 0.25) is 0 Å². The maximum atomic E-state index is 11.4. The third kappa shape index (κ3) is 3.01. The van der Waals surface area contributed by atoms with Crippen molar-refractivity contribution >= 4 is 5.97 Å². The van der Waals surface area contributed by atoms with E-state index >= 15 is 0 Å². The predicted molar refractivity (Wildman–Crippen MR) is 56.7 cm³/mol. The van der Waals surface area contributed by atoms with Crippen LogP contribution in [-0.4, -0.2) is 22.5 Å². The number of esters is 1. The van der Waals surface area contributed by atoms with E-state index in [1.54, 1.807) is 13.0 Å². The molecular weight excluding hydrogens is 192 g/mol. The van der Waals surface area contributed by atoms with E-state index in [-0.39, 0.29) is 5.97 Å². The van der Waals surface area contributed by atoms with Crippen molar-refractivity contribution in [3.8, 4) is 0 Å². The van der Waals surface area contributed by atoms with Crippen LogP contribution in [-0.2, 0) is 4.74 Å². The normalized spacial score (nSPS) is 12.2. The van der Waals surface area contributed by atoms with Crippen LogP contribution in [0.1, 0.15) is 49.3 Å². The van der Waals surface area contributed by atoms with Crippen LogP contribution in [0.4, 0.5) is 0 Å². The maximum Gasteiger partial charge on any atom is 0.357 e. The molecule has 4 heteroatoms. The number of aromatic nitrogens is 2. The predicted octanol–water partition coefficient (Wildman–Crippen LogP) is 2.17. The van der Waals surface area contributed by atoms with Crippen LogP contribution in [0, 0.1) is 0 Å². The van der Waals surface area contributed by atoms with Crippen molar-refractivity contribution in [2.24, 2.45) is 0 Å². The Balaban J connectivity index is 2.87. The molecule has 0 bridgehead atoms. The van der Waals surface area contributed by atoms with Crippen molar-refractivity contribution < 1.29 is 9.53 Å². The number of carbonyl (C=O) groups is 1. The average molecular weight is 208 g/mol. The van der Waals surface area contributed by atoms with Gasteiger partial charge in [0.25, 0.3) is 0 Å². The third-order valence-corrected chi connectivity index (χ3v) is 2.29. The third-order valence-electron chi connectivity index (χ3n) is 2.29. The van der Waals surface area contributed by atoms with E-state index in [4.69, 9.17) is 4.74 Å². The molecule has 0 aliphatic heterocycles. The van der Waals surface area contributed by atoms with Crippen molar-refractivity contribution in [1.29, 1.82) is 0 Å². The fourth-order valence-corrected chi connectivity index (χ4v) is 1.17. The zero-order valence-electron chi connectivity index (χ0n) is 9.36. The standard InChI is InChI=1S/C11H16N2O2/c1-4-8(3)9-6-10(13-7-12-9)11(14)15-5-2/h6-8H,4-5H2,1-3H3/t8-/m0/s1. The Morgan fingerprint density at radius 2 is 2.20 bits per heavy atom. The lowest BCUT2D eigenvalue weighted by Crippen LogP contribution is -2.09. The van der Waals surface area contributed by atoms with Crippen LogP contribution >= 0.6 is 0 Å². The summed E-state index contributed by atoms with van der Waals surface area (Å²) in [5.74, 6) is -0.0503. The van der Waals surface area contributed by atoms with Crippen molar-refractivity contribution in [3.63, 3.8) is 0 Å². The molecule has 1 aromatic heterocycles. The molecule has 0 spiro atoms. The first-order valence-electron chi connectivity index (χ1n) is 5.18. The second-order valence-corrected chi connectivity index (χ2v) is 3.36. The number of nitrogens with zero attached hydrogens (tertiary/aromatic N) is 2. The topological polar surface area (TPSA) is 52.1 Å². The lowest BCUT2D eigenvalue weighted by atomic mass is 10.0. The molecule has 0 aliphatic rings. The smallest absolute Gasteiger partial charge is 0.357 e. The zero-order chi connectivity index (χ0) is 11.3.